The summed E-state index contributed by atoms with van der Waals surface area (Å²) in [5, 5.41) is 31.1. The Kier molecular flexibility index (Phi) is 9.09. The van der Waals surface area contributed by atoms with E-state index in [1.165, 1.54) is 12.1 Å². The first kappa shape index (κ1) is 26.7. The highest BCUT2D eigenvalue weighted by Gasteiger charge is 2.39. The summed E-state index contributed by atoms with van der Waals surface area (Å²) in [5.74, 6) is -5.14. The summed E-state index contributed by atoms with van der Waals surface area (Å²) in [4.78, 5) is 57.0. The highest BCUT2D eigenvalue weighted by atomic mass is 32.2. The van der Waals surface area contributed by atoms with Crippen LogP contribution in [0.3, 0.4) is 0 Å². The summed E-state index contributed by atoms with van der Waals surface area (Å²) in [6.07, 6.45) is -0.383. The van der Waals surface area contributed by atoms with Gasteiger partial charge in [-0.05, 0) is 43.5 Å². The number of hydrogen-bond acceptors (Lipinski definition) is 7. The normalized spacial score (nSPS) is 17.0. The third-order valence-corrected chi connectivity index (χ3v) is 7.04. The van der Waals surface area contributed by atoms with E-state index < -0.39 is 58.3 Å². The van der Waals surface area contributed by atoms with Crippen molar-refractivity contribution in [3.8, 4) is 0 Å². The molecule has 34 heavy (non-hydrogen) atoms. The predicted molar refractivity (Wildman–Crippen MR) is 114 cm³/mol. The molecule has 0 spiro atoms. The predicted octanol–water partition coefficient (Wildman–Crippen LogP) is -0.522. The standard InChI is InChI=1S/C20H25N3O10S/c24-16(25)8-7-14(20(30)31)22-18(28)12-3-5-13(6-4-12)34(32,33)23-11-1-2-15(23)19(29)21-10-9-17(26)27/h3-6,14-15H,1-2,7-11H2,(H,21,29)(H,22,28)(H,24,25)(H,26,27)(H,30,31)/t14-,15+/m0/s1. The zero-order valence-electron chi connectivity index (χ0n) is 18.0. The van der Waals surface area contributed by atoms with E-state index in [4.69, 9.17) is 15.3 Å². The average molecular weight is 499 g/mol. The van der Waals surface area contributed by atoms with E-state index in [0.717, 1.165) is 16.4 Å². The van der Waals surface area contributed by atoms with E-state index in [-0.39, 0.29) is 42.8 Å². The number of benzene rings is 1. The molecule has 2 amide bonds. The van der Waals surface area contributed by atoms with E-state index in [1.807, 2.05) is 0 Å². The van der Waals surface area contributed by atoms with Crippen molar-refractivity contribution in [3.05, 3.63) is 29.8 Å². The lowest BCUT2D eigenvalue weighted by Crippen LogP contribution is -2.46. The molecule has 14 heteroatoms. The fourth-order valence-electron chi connectivity index (χ4n) is 3.38. The molecule has 0 aromatic heterocycles. The van der Waals surface area contributed by atoms with Crippen LogP contribution >= 0.6 is 0 Å². The van der Waals surface area contributed by atoms with Crippen molar-refractivity contribution in [2.24, 2.45) is 0 Å². The number of rotatable bonds is 12. The van der Waals surface area contributed by atoms with Crippen LogP contribution in [0, 0.1) is 0 Å². The van der Waals surface area contributed by atoms with Crippen LogP contribution in [-0.2, 0) is 29.2 Å². The number of carbonyl (C=O) groups is 5. The molecule has 13 nitrogen and oxygen atoms in total. The highest BCUT2D eigenvalue weighted by Crippen LogP contribution is 2.26. The minimum Gasteiger partial charge on any atom is -0.481 e. The van der Waals surface area contributed by atoms with Crippen LogP contribution in [0.15, 0.2) is 29.2 Å². The van der Waals surface area contributed by atoms with Crippen molar-refractivity contribution in [2.45, 2.75) is 49.1 Å². The summed E-state index contributed by atoms with van der Waals surface area (Å²) in [6.45, 7) is -0.0440. The summed E-state index contributed by atoms with van der Waals surface area (Å²) in [6, 6.07) is 2.22. The molecule has 1 aromatic carbocycles. The van der Waals surface area contributed by atoms with Crippen molar-refractivity contribution < 1.29 is 47.7 Å². The van der Waals surface area contributed by atoms with Gasteiger partial charge in [0.05, 0.1) is 11.3 Å². The Morgan fingerprint density at radius 2 is 1.62 bits per heavy atom. The van der Waals surface area contributed by atoms with Gasteiger partial charge in [-0.15, -0.1) is 0 Å². The van der Waals surface area contributed by atoms with Gasteiger partial charge in [-0.2, -0.15) is 4.31 Å². The lowest BCUT2D eigenvalue weighted by atomic mass is 10.1. The van der Waals surface area contributed by atoms with Crippen molar-refractivity contribution >= 4 is 39.7 Å². The summed E-state index contributed by atoms with van der Waals surface area (Å²) in [5.41, 5.74) is -0.0371. The number of aliphatic carboxylic acids is 3. The largest absolute Gasteiger partial charge is 0.481 e. The van der Waals surface area contributed by atoms with Gasteiger partial charge in [0.2, 0.25) is 15.9 Å². The van der Waals surface area contributed by atoms with Crippen molar-refractivity contribution in [1.82, 2.24) is 14.9 Å². The summed E-state index contributed by atoms with van der Waals surface area (Å²) < 4.78 is 27.1. The van der Waals surface area contributed by atoms with Crippen molar-refractivity contribution in [3.63, 3.8) is 0 Å². The van der Waals surface area contributed by atoms with E-state index >= 15 is 0 Å². The number of carboxylic acid groups (broad SMARTS) is 3. The fourth-order valence-corrected chi connectivity index (χ4v) is 5.04. The number of nitrogens with one attached hydrogen (secondary N) is 2. The van der Waals surface area contributed by atoms with Crippen LogP contribution in [-0.4, -0.2) is 82.9 Å². The van der Waals surface area contributed by atoms with Gasteiger partial charge in [0.1, 0.15) is 12.1 Å². The Bertz CT molecular complexity index is 1050. The number of nitrogens with zero attached hydrogens (tertiary/aromatic N) is 1. The zero-order chi connectivity index (χ0) is 25.5. The van der Waals surface area contributed by atoms with Crippen LogP contribution in [0.2, 0.25) is 0 Å². The lowest BCUT2D eigenvalue weighted by molar-refractivity contribution is -0.141. The van der Waals surface area contributed by atoms with Crippen LogP contribution < -0.4 is 10.6 Å². The van der Waals surface area contributed by atoms with Crippen LogP contribution in [0.4, 0.5) is 0 Å². The van der Waals surface area contributed by atoms with Crippen LogP contribution in [0.25, 0.3) is 0 Å². The van der Waals surface area contributed by atoms with Gasteiger partial charge in [-0.3, -0.25) is 19.2 Å². The van der Waals surface area contributed by atoms with Gasteiger partial charge >= 0.3 is 17.9 Å². The second-order valence-electron chi connectivity index (χ2n) is 7.53. The Hall–Kier alpha value is -3.52. The molecule has 1 aliphatic rings. The molecule has 2 atom stereocenters. The van der Waals surface area contributed by atoms with Crippen molar-refractivity contribution in [1.29, 1.82) is 0 Å². The molecule has 5 N–H and O–H groups in total. The minimum absolute atomic E-state index is 0.0371. The van der Waals surface area contributed by atoms with Gasteiger partial charge in [0.15, 0.2) is 0 Å². The Morgan fingerprint density at radius 1 is 1.00 bits per heavy atom. The molecule has 0 radical (unpaired) electrons. The molecule has 0 unspecified atom stereocenters. The molecular weight excluding hydrogens is 474 g/mol. The fraction of sp³-hybridized carbons (Fsp3) is 0.450. The van der Waals surface area contributed by atoms with Gasteiger partial charge < -0.3 is 26.0 Å². The number of sulfonamides is 1. The Labute approximate surface area is 194 Å². The molecule has 186 valence electrons. The van der Waals surface area contributed by atoms with Crippen LogP contribution in [0.1, 0.15) is 42.5 Å². The number of amides is 2. The molecule has 1 saturated heterocycles. The first-order chi connectivity index (χ1) is 15.9. The maximum Gasteiger partial charge on any atom is 0.326 e. The Balaban J connectivity index is 2.10. The smallest absolute Gasteiger partial charge is 0.326 e. The molecule has 0 aliphatic carbocycles. The summed E-state index contributed by atoms with van der Waals surface area (Å²) in [7, 11) is -4.11. The molecule has 1 fully saturated rings. The average Bonchev–Trinajstić information content (AvgIpc) is 3.27. The SMILES string of the molecule is O=C(O)CCNC(=O)[C@H]1CCCN1S(=O)(=O)c1ccc(C(=O)N[C@@H](CCC(=O)O)C(=O)O)cc1. The topological polar surface area (TPSA) is 207 Å². The number of hydrogen-bond donors (Lipinski definition) is 5. The molecular formula is C20H25N3O10S. The molecule has 0 bridgehead atoms. The van der Waals surface area contributed by atoms with Gasteiger partial charge in [-0.25, -0.2) is 13.2 Å². The Morgan fingerprint density at radius 3 is 2.18 bits per heavy atom. The third kappa shape index (κ3) is 6.99. The number of carbonyl (C=O) groups excluding carboxylic acids is 2. The first-order valence-electron chi connectivity index (χ1n) is 10.3. The van der Waals surface area contributed by atoms with Gasteiger partial charge in [0.25, 0.3) is 5.91 Å². The minimum atomic E-state index is -4.11. The maximum atomic E-state index is 13.0. The van der Waals surface area contributed by atoms with Gasteiger partial charge in [0, 0.05) is 25.1 Å². The third-order valence-electron chi connectivity index (χ3n) is 5.12. The van der Waals surface area contributed by atoms with E-state index in [2.05, 4.69) is 10.6 Å². The number of carboxylic acids is 3. The van der Waals surface area contributed by atoms with E-state index in [9.17, 15) is 32.4 Å². The zero-order valence-corrected chi connectivity index (χ0v) is 18.8. The quantitative estimate of drug-likeness (QED) is 0.248. The first-order valence-corrected chi connectivity index (χ1v) is 11.7. The molecule has 1 aliphatic heterocycles. The van der Waals surface area contributed by atoms with Gasteiger partial charge in [-0.1, -0.05) is 0 Å². The highest BCUT2D eigenvalue weighted by molar-refractivity contribution is 7.89. The summed E-state index contributed by atoms with van der Waals surface area (Å²) >= 11 is 0. The molecule has 0 saturated carbocycles. The van der Waals surface area contributed by atoms with Crippen LogP contribution in [0.5, 0.6) is 0 Å². The molecule has 2 rings (SSSR count). The maximum absolute atomic E-state index is 13.0. The molecule has 1 heterocycles. The van der Waals surface area contributed by atoms with E-state index in [1.54, 1.807) is 0 Å². The monoisotopic (exact) mass is 499 g/mol. The second kappa shape index (κ2) is 11.6. The second-order valence-corrected chi connectivity index (χ2v) is 9.42. The molecule has 1 aromatic rings. The van der Waals surface area contributed by atoms with Crippen molar-refractivity contribution in [2.75, 3.05) is 13.1 Å². The lowest BCUT2D eigenvalue weighted by Gasteiger charge is -2.23. The van der Waals surface area contributed by atoms with E-state index in [0.29, 0.717) is 6.42 Å².